The number of halogens is 1. The molecule has 7 heteroatoms. The zero-order valence-corrected chi connectivity index (χ0v) is 16.0. The van der Waals surface area contributed by atoms with E-state index in [1.807, 2.05) is 0 Å². The number of anilines is 1. The summed E-state index contributed by atoms with van der Waals surface area (Å²) in [5.41, 5.74) is 2.38. The Morgan fingerprint density at radius 2 is 1.76 bits per heavy atom. The van der Waals surface area contributed by atoms with E-state index in [2.05, 4.69) is 26.2 Å². The summed E-state index contributed by atoms with van der Waals surface area (Å²) >= 11 is 3.31. The third-order valence-corrected chi connectivity index (χ3v) is 4.29. The molecule has 0 saturated heterocycles. The summed E-state index contributed by atoms with van der Waals surface area (Å²) in [5, 5.41) is 2.67. The molecular weight excluding hydrogens is 388 g/mol. The summed E-state index contributed by atoms with van der Waals surface area (Å²) in [4.78, 5) is 39.0. The topological polar surface area (TPSA) is 88.3 Å². The quantitative estimate of drug-likeness (QED) is 0.583. The number of amides is 1. The highest BCUT2D eigenvalue weighted by atomic mass is 79.9. The minimum Gasteiger partial charge on any atom is -0.448 e. The molecule has 0 spiro atoms. The first-order chi connectivity index (χ1) is 11.7. The number of ketones is 1. The Hall–Kier alpha value is -2.41. The normalized spacial score (nSPS) is 11.7. The molecule has 0 aliphatic heterocycles. The standard InChI is InChI=1S/C18H19BrN2O4/c1-9-15(11(3)22)10(2)20-16(9)18(24)25-12(4)17(23)21-14-7-5-13(19)6-8-14/h5-8,12,20H,1-4H3,(H,21,23)/t12-/m1/s1. The van der Waals surface area contributed by atoms with Crippen molar-refractivity contribution in [1.29, 1.82) is 0 Å². The maximum absolute atomic E-state index is 12.3. The van der Waals surface area contributed by atoms with Crippen molar-refractivity contribution in [3.05, 3.63) is 51.3 Å². The Balaban J connectivity index is 2.07. The van der Waals surface area contributed by atoms with E-state index in [0.29, 0.717) is 22.5 Å². The van der Waals surface area contributed by atoms with Crippen molar-refractivity contribution in [2.45, 2.75) is 33.8 Å². The molecular formula is C18H19BrN2O4. The van der Waals surface area contributed by atoms with E-state index in [1.54, 1.807) is 38.1 Å². The lowest BCUT2D eigenvalue weighted by molar-refractivity contribution is -0.123. The first-order valence-corrected chi connectivity index (χ1v) is 8.47. The number of aromatic nitrogens is 1. The van der Waals surface area contributed by atoms with E-state index < -0.39 is 18.0 Å². The molecule has 25 heavy (non-hydrogen) atoms. The van der Waals surface area contributed by atoms with Crippen molar-refractivity contribution in [2.24, 2.45) is 0 Å². The van der Waals surface area contributed by atoms with Gasteiger partial charge < -0.3 is 15.0 Å². The van der Waals surface area contributed by atoms with Crippen LogP contribution in [0.1, 0.15) is 46.0 Å². The number of carbonyl (C=O) groups is 3. The van der Waals surface area contributed by atoms with Gasteiger partial charge in [-0.3, -0.25) is 9.59 Å². The molecule has 0 fully saturated rings. The van der Waals surface area contributed by atoms with Gasteiger partial charge in [-0.15, -0.1) is 0 Å². The van der Waals surface area contributed by atoms with Crippen LogP contribution in [0, 0.1) is 13.8 Å². The smallest absolute Gasteiger partial charge is 0.355 e. The number of Topliss-reactive ketones (excluding diaryl/α,β-unsaturated/α-hetero) is 1. The molecule has 0 saturated carbocycles. The Morgan fingerprint density at radius 1 is 1.16 bits per heavy atom. The fourth-order valence-corrected chi connectivity index (χ4v) is 2.80. The molecule has 0 aliphatic rings. The second kappa shape index (κ2) is 7.65. The van der Waals surface area contributed by atoms with Crippen LogP contribution in [0.2, 0.25) is 0 Å². The van der Waals surface area contributed by atoms with E-state index in [1.165, 1.54) is 13.8 Å². The van der Waals surface area contributed by atoms with E-state index in [9.17, 15) is 14.4 Å². The number of carbonyl (C=O) groups excluding carboxylic acids is 3. The molecule has 1 amide bonds. The number of hydrogen-bond donors (Lipinski definition) is 2. The van der Waals surface area contributed by atoms with Gasteiger partial charge in [0.2, 0.25) is 0 Å². The number of ether oxygens (including phenoxy) is 1. The fraction of sp³-hybridized carbons (Fsp3) is 0.278. The summed E-state index contributed by atoms with van der Waals surface area (Å²) in [6.45, 7) is 6.31. The van der Waals surface area contributed by atoms with Crippen LogP contribution in [-0.4, -0.2) is 28.7 Å². The largest absolute Gasteiger partial charge is 0.448 e. The molecule has 1 aromatic carbocycles. The van der Waals surface area contributed by atoms with Crippen LogP contribution in [0.5, 0.6) is 0 Å². The number of hydrogen-bond acceptors (Lipinski definition) is 4. The number of H-pyrrole nitrogens is 1. The average molecular weight is 407 g/mol. The van der Waals surface area contributed by atoms with Crippen LogP contribution < -0.4 is 5.32 Å². The second-order valence-electron chi connectivity index (χ2n) is 5.72. The van der Waals surface area contributed by atoms with Crippen LogP contribution in [-0.2, 0) is 9.53 Å². The molecule has 0 unspecified atom stereocenters. The van der Waals surface area contributed by atoms with Crippen LogP contribution >= 0.6 is 15.9 Å². The van der Waals surface area contributed by atoms with Crippen LogP contribution in [0.15, 0.2) is 28.7 Å². The van der Waals surface area contributed by atoms with Crippen molar-refractivity contribution in [2.75, 3.05) is 5.32 Å². The third-order valence-electron chi connectivity index (χ3n) is 3.76. The van der Waals surface area contributed by atoms with Crippen LogP contribution in [0.3, 0.4) is 0 Å². The predicted molar refractivity (Wildman–Crippen MR) is 97.9 cm³/mol. The second-order valence-corrected chi connectivity index (χ2v) is 6.64. The Bertz CT molecular complexity index is 824. The number of aromatic amines is 1. The van der Waals surface area contributed by atoms with Crippen molar-refractivity contribution in [1.82, 2.24) is 4.98 Å². The maximum atomic E-state index is 12.3. The maximum Gasteiger partial charge on any atom is 0.355 e. The van der Waals surface area contributed by atoms with E-state index in [4.69, 9.17) is 4.74 Å². The number of nitrogens with one attached hydrogen (secondary N) is 2. The molecule has 0 bridgehead atoms. The lowest BCUT2D eigenvalue weighted by Crippen LogP contribution is -2.30. The van der Waals surface area contributed by atoms with Gasteiger partial charge in [0.05, 0.1) is 0 Å². The highest BCUT2D eigenvalue weighted by molar-refractivity contribution is 9.10. The van der Waals surface area contributed by atoms with Crippen LogP contribution in [0.25, 0.3) is 0 Å². The minimum atomic E-state index is -0.986. The van der Waals surface area contributed by atoms with Gasteiger partial charge in [-0.05, 0) is 57.5 Å². The van der Waals surface area contributed by atoms with Gasteiger partial charge in [-0.1, -0.05) is 15.9 Å². The predicted octanol–water partition coefficient (Wildman–Crippen LogP) is 3.78. The van der Waals surface area contributed by atoms with Crippen LogP contribution in [0.4, 0.5) is 5.69 Å². The molecule has 1 aromatic heterocycles. The number of aryl methyl sites for hydroxylation is 1. The van der Waals surface area contributed by atoms with E-state index >= 15 is 0 Å². The van der Waals surface area contributed by atoms with Crippen molar-refractivity contribution in [3.63, 3.8) is 0 Å². The van der Waals surface area contributed by atoms with E-state index in [-0.39, 0.29) is 11.5 Å². The Labute approximate surface area is 154 Å². The first-order valence-electron chi connectivity index (χ1n) is 7.68. The Morgan fingerprint density at radius 3 is 2.28 bits per heavy atom. The SMILES string of the molecule is CC(=O)c1c(C)[nH]c(C(=O)O[C@H](C)C(=O)Nc2ccc(Br)cc2)c1C. The molecule has 132 valence electrons. The molecule has 2 aromatic rings. The first kappa shape index (κ1) is 18.9. The summed E-state index contributed by atoms with van der Waals surface area (Å²) in [6, 6.07) is 7.05. The lowest BCUT2D eigenvalue weighted by atomic mass is 10.1. The lowest BCUT2D eigenvalue weighted by Gasteiger charge is -2.13. The van der Waals surface area contributed by atoms with Crippen molar-refractivity contribution in [3.8, 4) is 0 Å². The zero-order chi connectivity index (χ0) is 18.7. The number of rotatable bonds is 5. The average Bonchev–Trinajstić information content (AvgIpc) is 2.84. The monoisotopic (exact) mass is 406 g/mol. The number of benzene rings is 1. The van der Waals surface area contributed by atoms with Gasteiger partial charge in [0.1, 0.15) is 5.69 Å². The zero-order valence-electron chi connectivity index (χ0n) is 14.4. The highest BCUT2D eigenvalue weighted by Gasteiger charge is 2.24. The van der Waals surface area contributed by atoms with Gasteiger partial charge >= 0.3 is 5.97 Å². The van der Waals surface area contributed by atoms with Gasteiger partial charge in [0.15, 0.2) is 11.9 Å². The fourth-order valence-electron chi connectivity index (χ4n) is 2.53. The molecule has 2 rings (SSSR count). The molecule has 2 N–H and O–H groups in total. The molecule has 0 aliphatic carbocycles. The summed E-state index contributed by atoms with van der Waals surface area (Å²) in [6.07, 6.45) is -0.986. The molecule has 1 atom stereocenters. The van der Waals surface area contributed by atoms with Gasteiger partial charge in [-0.2, -0.15) is 0 Å². The van der Waals surface area contributed by atoms with Gasteiger partial charge in [-0.25, -0.2) is 4.79 Å². The van der Waals surface area contributed by atoms with Crippen molar-refractivity contribution >= 4 is 39.3 Å². The number of esters is 1. The van der Waals surface area contributed by atoms with Gasteiger partial charge in [0.25, 0.3) is 5.91 Å². The summed E-state index contributed by atoms with van der Waals surface area (Å²) < 4.78 is 6.11. The van der Waals surface area contributed by atoms with Gasteiger partial charge in [0, 0.05) is 21.4 Å². The highest BCUT2D eigenvalue weighted by Crippen LogP contribution is 2.20. The third kappa shape index (κ3) is 4.36. The molecule has 1 heterocycles. The van der Waals surface area contributed by atoms with Crippen molar-refractivity contribution < 1.29 is 19.1 Å². The van der Waals surface area contributed by atoms with E-state index in [0.717, 1.165) is 4.47 Å². The summed E-state index contributed by atoms with van der Waals surface area (Å²) in [5.74, 6) is -1.25. The minimum absolute atomic E-state index is 0.133. The summed E-state index contributed by atoms with van der Waals surface area (Å²) in [7, 11) is 0. The molecule has 0 radical (unpaired) electrons. The molecule has 6 nitrogen and oxygen atoms in total. The Kier molecular flexibility index (Phi) is 5.79.